The second-order valence-electron chi connectivity index (χ2n) is 13.6. The molecule has 0 radical (unpaired) electrons. The smallest absolute Gasteiger partial charge is 0.0456 e. The Labute approximate surface area is 208 Å². The molecule has 2 heteroatoms. The quantitative estimate of drug-likeness (QED) is 0.349. The summed E-state index contributed by atoms with van der Waals surface area (Å²) in [5.41, 5.74) is 6.20. The van der Waals surface area contributed by atoms with E-state index in [1.165, 1.54) is 35.3 Å². The van der Waals surface area contributed by atoms with E-state index in [1.807, 2.05) is 0 Å². The van der Waals surface area contributed by atoms with Crippen LogP contribution in [-0.4, -0.2) is 8.97 Å². The maximum Gasteiger partial charge on any atom is 0.0456 e. The molecule has 0 saturated heterocycles. The van der Waals surface area contributed by atoms with E-state index in [0.717, 1.165) is 0 Å². The molecule has 3 aromatic heterocycles. The number of aromatic nitrogens is 2. The molecule has 0 fully saturated rings. The summed E-state index contributed by atoms with van der Waals surface area (Å²) in [6.45, 7) is 24.2. The summed E-state index contributed by atoms with van der Waals surface area (Å²) >= 11 is 0. The summed E-state index contributed by atoms with van der Waals surface area (Å²) in [5.74, 6) is 1.06. The number of rotatable bonds is 6. The van der Waals surface area contributed by atoms with Gasteiger partial charge in [-0.2, -0.15) is 0 Å². The number of hydrogen-bond donors (Lipinski definition) is 0. The van der Waals surface area contributed by atoms with Crippen LogP contribution in [0.2, 0.25) is 0 Å². The molecule has 34 heavy (non-hydrogen) atoms. The summed E-state index contributed by atoms with van der Waals surface area (Å²) < 4.78 is 4.74. The minimum atomic E-state index is 0.0869. The molecule has 4 heterocycles. The Morgan fingerprint density at radius 3 is 2.26 bits per heavy atom. The second-order valence-corrected chi connectivity index (χ2v) is 13.6. The number of allylic oxidation sites excluding steroid dienone is 1. The fourth-order valence-corrected chi connectivity index (χ4v) is 6.58. The van der Waals surface area contributed by atoms with Gasteiger partial charge in [-0.05, 0) is 71.4 Å². The number of hydrogen-bond acceptors (Lipinski definition) is 0. The van der Waals surface area contributed by atoms with Gasteiger partial charge in [0.05, 0.1) is 0 Å². The van der Waals surface area contributed by atoms with Gasteiger partial charge >= 0.3 is 0 Å². The molecule has 4 rings (SSSR count). The van der Waals surface area contributed by atoms with Crippen molar-refractivity contribution >= 4 is 11.7 Å². The van der Waals surface area contributed by atoms with Gasteiger partial charge in [0, 0.05) is 46.3 Å². The molecule has 2 atom stereocenters. The Morgan fingerprint density at radius 2 is 1.62 bits per heavy atom. The van der Waals surface area contributed by atoms with Crippen LogP contribution in [0, 0.1) is 17.3 Å². The van der Waals surface area contributed by atoms with Crippen LogP contribution in [-0.2, 0) is 16.2 Å². The fourth-order valence-electron chi connectivity index (χ4n) is 6.58. The molecule has 2 unspecified atom stereocenters. The van der Waals surface area contributed by atoms with Gasteiger partial charge in [-0.25, -0.2) is 0 Å². The SMILES string of the molecule is CC(C)C1(C)c2cccn2C=CC1C(C)(C)CCC(C)(C)c1cc2ccccn2c1C(C)(C)C. The molecular weight excluding hydrogens is 412 g/mol. The highest BCUT2D eigenvalue weighted by atomic mass is 15.0. The van der Waals surface area contributed by atoms with Crippen molar-refractivity contribution in [2.45, 2.75) is 98.3 Å². The Bertz CT molecular complexity index is 1190. The minimum Gasteiger partial charge on any atom is -0.327 e. The number of nitrogens with zero attached hydrogens (tertiary/aromatic N) is 2. The predicted octanol–water partition coefficient (Wildman–Crippen LogP) is 8.84. The van der Waals surface area contributed by atoms with Gasteiger partial charge < -0.3 is 8.97 Å². The van der Waals surface area contributed by atoms with Crippen molar-refractivity contribution in [2.24, 2.45) is 17.3 Å². The van der Waals surface area contributed by atoms with Crippen molar-refractivity contribution < 1.29 is 0 Å². The normalized spacial score (nSPS) is 21.4. The molecule has 1 aliphatic heterocycles. The van der Waals surface area contributed by atoms with E-state index in [0.29, 0.717) is 11.8 Å². The fraction of sp³-hybridized carbons (Fsp3) is 0.562. The maximum atomic E-state index is 2.50. The Kier molecular flexibility index (Phi) is 5.99. The molecule has 0 bridgehead atoms. The highest BCUT2D eigenvalue weighted by Crippen LogP contribution is 2.53. The van der Waals surface area contributed by atoms with Gasteiger partial charge in [0.2, 0.25) is 0 Å². The molecule has 0 saturated carbocycles. The molecular formula is C32H46N2. The third-order valence-corrected chi connectivity index (χ3v) is 8.97. The monoisotopic (exact) mass is 458 g/mol. The predicted molar refractivity (Wildman–Crippen MR) is 148 cm³/mol. The molecule has 0 N–H and O–H groups in total. The molecule has 1 aliphatic rings. The van der Waals surface area contributed by atoms with Gasteiger partial charge in [-0.3, -0.25) is 0 Å². The molecule has 0 amide bonds. The summed E-state index contributed by atoms with van der Waals surface area (Å²) in [6, 6.07) is 13.5. The molecule has 3 aromatic rings. The summed E-state index contributed by atoms with van der Waals surface area (Å²) in [6.07, 6.45) is 11.6. The second kappa shape index (κ2) is 8.18. The molecule has 2 nitrogen and oxygen atoms in total. The maximum absolute atomic E-state index is 2.50. The van der Waals surface area contributed by atoms with Crippen LogP contribution in [0.5, 0.6) is 0 Å². The molecule has 184 valence electrons. The van der Waals surface area contributed by atoms with E-state index in [9.17, 15) is 0 Å². The Morgan fingerprint density at radius 1 is 0.912 bits per heavy atom. The van der Waals surface area contributed by atoms with Crippen LogP contribution >= 0.6 is 0 Å². The summed E-state index contributed by atoms with van der Waals surface area (Å²) in [5, 5.41) is 0. The van der Waals surface area contributed by atoms with Crippen molar-refractivity contribution in [1.29, 1.82) is 0 Å². The van der Waals surface area contributed by atoms with E-state index >= 15 is 0 Å². The van der Waals surface area contributed by atoms with Gasteiger partial charge in [-0.15, -0.1) is 0 Å². The molecule has 0 aliphatic carbocycles. The Balaban J connectivity index is 1.67. The van der Waals surface area contributed by atoms with Crippen LogP contribution in [0.3, 0.4) is 0 Å². The third kappa shape index (κ3) is 3.97. The minimum absolute atomic E-state index is 0.0869. The lowest BCUT2D eigenvalue weighted by molar-refractivity contribution is 0.0983. The van der Waals surface area contributed by atoms with Crippen LogP contribution in [0.1, 0.15) is 99.0 Å². The first-order valence-corrected chi connectivity index (χ1v) is 13.2. The van der Waals surface area contributed by atoms with Crippen molar-refractivity contribution in [3.63, 3.8) is 0 Å². The van der Waals surface area contributed by atoms with Gasteiger partial charge in [0.15, 0.2) is 0 Å². The number of pyridine rings is 1. The van der Waals surface area contributed by atoms with Crippen molar-refractivity contribution in [3.05, 3.63) is 71.8 Å². The third-order valence-electron chi connectivity index (χ3n) is 8.97. The zero-order valence-electron chi connectivity index (χ0n) is 23.2. The highest BCUT2D eigenvalue weighted by Gasteiger charge is 2.48. The van der Waals surface area contributed by atoms with Crippen molar-refractivity contribution in [1.82, 2.24) is 8.97 Å². The van der Waals surface area contributed by atoms with Gasteiger partial charge in [0.1, 0.15) is 0 Å². The highest BCUT2D eigenvalue weighted by molar-refractivity contribution is 5.57. The lowest BCUT2D eigenvalue weighted by Crippen LogP contribution is -2.47. The van der Waals surface area contributed by atoms with E-state index in [4.69, 9.17) is 0 Å². The average molecular weight is 459 g/mol. The van der Waals surface area contributed by atoms with Crippen LogP contribution in [0.25, 0.3) is 11.7 Å². The van der Waals surface area contributed by atoms with E-state index < -0.39 is 0 Å². The molecule has 0 aromatic carbocycles. The first-order chi connectivity index (χ1) is 15.7. The average Bonchev–Trinajstić information content (AvgIpc) is 3.37. The zero-order chi connectivity index (χ0) is 25.1. The van der Waals surface area contributed by atoms with Gasteiger partial charge in [-0.1, -0.05) is 81.4 Å². The van der Waals surface area contributed by atoms with Crippen molar-refractivity contribution in [3.8, 4) is 0 Å². The first-order valence-electron chi connectivity index (χ1n) is 13.2. The lowest BCUT2D eigenvalue weighted by Gasteiger charge is -2.50. The van der Waals surface area contributed by atoms with Crippen molar-refractivity contribution in [2.75, 3.05) is 0 Å². The Hall–Kier alpha value is -2.22. The largest absolute Gasteiger partial charge is 0.327 e. The van der Waals surface area contributed by atoms with Crippen LogP contribution < -0.4 is 0 Å². The summed E-state index contributed by atoms with van der Waals surface area (Å²) in [4.78, 5) is 0. The van der Waals surface area contributed by atoms with E-state index in [-0.39, 0.29) is 21.7 Å². The number of fused-ring (bicyclic) bond motifs is 2. The molecule has 0 spiro atoms. The topological polar surface area (TPSA) is 9.34 Å². The first kappa shape index (κ1) is 24.9. The van der Waals surface area contributed by atoms with E-state index in [1.54, 1.807) is 0 Å². The van der Waals surface area contributed by atoms with Crippen LogP contribution in [0.15, 0.2) is 54.9 Å². The van der Waals surface area contributed by atoms with Gasteiger partial charge in [0.25, 0.3) is 0 Å². The zero-order valence-corrected chi connectivity index (χ0v) is 23.2. The van der Waals surface area contributed by atoms with E-state index in [2.05, 4.69) is 139 Å². The lowest BCUT2D eigenvalue weighted by atomic mass is 9.55. The standard InChI is InChI=1S/C32H46N2/c1-23(2)32(10)26(16-21-33-19-13-15-27(32)33)31(8,9)18-17-30(6,7)25-22-24-14-11-12-20-34(24)28(25)29(3,4)5/h11-16,19-23,26H,17-18H2,1-10H3. The van der Waals surface area contributed by atoms with Crippen LogP contribution in [0.4, 0.5) is 0 Å². The summed E-state index contributed by atoms with van der Waals surface area (Å²) in [7, 11) is 0.